The molecule has 0 aliphatic heterocycles. The van der Waals surface area contributed by atoms with Crippen molar-refractivity contribution >= 4 is 23.2 Å². The van der Waals surface area contributed by atoms with Gasteiger partial charge in [0.25, 0.3) is 5.91 Å². The molecule has 1 aromatic rings. The van der Waals surface area contributed by atoms with Crippen LogP contribution in [0.25, 0.3) is 0 Å². The molecule has 2 atom stereocenters. The van der Waals surface area contributed by atoms with E-state index in [4.69, 9.17) is 0 Å². The number of thiophene rings is 1. The van der Waals surface area contributed by atoms with Gasteiger partial charge < -0.3 is 15.7 Å². The molecule has 1 heterocycles. The van der Waals surface area contributed by atoms with Crippen LogP contribution in [0.1, 0.15) is 48.9 Å². The molecule has 5 nitrogen and oxygen atoms in total. The highest BCUT2D eigenvalue weighted by molar-refractivity contribution is 7.08. The third-order valence-electron chi connectivity index (χ3n) is 3.73. The Bertz CT molecular complexity index is 461. The van der Waals surface area contributed by atoms with E-state index in [0.29, 0.717) is 24.9 Å². The van der Waals surface area contributed by atoms with Crippen molar-refractivity contribution in [3.05, 3.63) is 22.4 Å². The van der Waals surface area contributed by atoms with Crippen LogP contribution in [0.2, 0.25) is 0 Å². The summed E-state index contributed by atoms with van der Waals surface area (Å²) in [5.74, 6) is -0.148. The first kappa shape index (κ1) is 16.0. The van der Waals surface area contributed by atoms with Gasteiger partial charge in [-0.05, 0) is 30.7 Å². The SMILES string of the molecule is O=C(CCCNC(=O)c1ccsc1)NC1CCCCC1O. The maximum absolute atomic E-state index is 11.8. The van der Waals surface area contributed by atoms with Gasteiger partial charge in [0.05, 0.1) is 12.1 Å². The van der Waals surface area contributed by atoms with Crippen molar-refractivity contribution < 1.29 is 14.7 Å². The van der Waals surface area contributed by atoms with Gasteiger partial charge in [0, 0.05) is 23.9 Å². The van der Waals surface area contributed by atoms with Gasteiger partial charge in [0.2, 0.25) is 5.91 Å². The van der Waals surface area contributed by atoms with Crippen LogP contribution in [-0.2, 0) is 4.79 Å². The highest BCUT2D eigenvalue weighted by Crippen LogP contribution is 2.18. The van der Waals surface area contributed by atoms with E-state index in [0.717, 1.165) is 25.7 Å². The number of aliphatic hydroxyl groups is 1. The fraction of sp³-hybridized carbons (Fsp3) is 0.600. The number of hydrogen-bond acceptors (Lipinski definition) is 4. The first-order valence-electron chi connectivity index (χ1n) is 7.44. The zero-order valence-electron chi connectivity index (χ0n) is 12.0. The molecule has 0 bridgehead atoms. The Morgan fingerprint density at radius 3 is 2.86 bits per heavy atom. The van der Waals surface area contributed by atoms with Crippen molar-refractivity contribution in [3.8, 4) is 0 Å². The maximum Gasteiger partial charge on any atom is 0.252 e. The Kier molecular flexibility index (Phi) is 6.20. The topological polar surface area (TPSA) is 78.4 Å². The number of aliphatic hydroxyl groups excluding tert-OH is 1. The lowest BCUT2D eigenvalue weighted by Gasteiger charge is -2.28. The molecule has 1 fully saturated rings. The minimum absolute atomic E-state index is 0.0502. The lowest BCUT2D eigenvalue weighted by molar-refractivity contribution is -0.123. The molecule has 1 aromatic heterocycles. The second kappa shape index (κ2) is 8.14. The molecule has 0 radical (unpaired) electrons. The Morgan fingerprint density at radius 2 is 2.14 bits per heavy atom. The Labute approximate surface area is 128 Å². The summed E-state index contributed by atoms with van der Waals surface area (Å²) in [5, 5.41) is 19.1. The third-order valence-corrected chi connectivity index (χ3v) is 4.41. The lowest BCUT2D eigenvalue weighted by Crippen LogP contribution is -2.45. The molecule has 0 aromatic carbocycles. The molecule has 0 saturated heterocycles. The van der Waals surface area contributed by atoms with E-state index >= 15 is 0 Å². The molecule has 3 N–H and O–H groups in total. The summed E-state index contributed by atoms with van der Waals surface area (Å²) in [5.41, 5.74) is 0.662. The van der Waals surface area contributed by atoms with Crippen LogP contribution in [-0.4, -0.2) is 35.6 Å². The second-order valence-corrected chi connectivity index (χ2v) is 6.18. The summed E-state index contributed by atoms with van der Waals surface area (Å²) in [6.07, 6.45) is 4.25. The van der Waals surface area contributed by atoms with Crippen LogP contribution in [0.4, 0.5) is 0 Å². The average Bonchev–Trinajstić information content (AvgIpc) is 3.00. The predicted octanol–water partition coefficient (Wildman–Crippen LogP) is 1.68. The van der Waals surface area contributed by atoms with E-state index in [-0.39, 0.29) is 17.9 Å². The fourth-order valence-corrected chi connectivity index (χ4v) is 3.14. The van der Waals surface area contributed by atoms with Gasteiger partial charge in [-0.2, -0.15) is 11.3 Å². The monoisotopic (exact) mass is 310 g/mol. The fourth-order valence-electron chi connectivity index (χ4n) is 2.51. The average molecular weight is 310 g/mol. The summed E-state index contributed by atoms with van der Waals surface area (Å²) in [6.45, 7) is 0.481. The van der Waals surface area contributed by atoms with E-state index < -0.39 is 6.10 Å². The molecular formula is C15H22N2O3S. The second-order valence-electron chi connectivity index (χ2n) is 5.40. The van der Waals surface area contributed by atoms with Crippen LogP contribution < -0.4 is 10.6 Å². The van der Waals surface area contributed by atoms with Gasteiger partial charge in [0.1, 0.15) is 0 Å². The number of nitrogens with one attached hydrogen (secondary N) is 2. The number of carbonyl (C=O) groups is 2. The quantitative estimate of drug-likeness (QED) is 0.700. The molecule has 1 aliphatic rings. The number of carbonyl (C=O) groups excluding carboxylic acids is 2. The molecule has 2 rings (SSSR count). The molecule has 2 unspecified atom stereocenters. The molecule has 2 amide bonds. The molecule has 0 spiro atoms. The van der Waals surface area contributed by atoms with Gasteiger partial charge in [-0.15, -0.1) is 0 Å². The minimum atomic E-state index is -0.416. The molecule has 1 saturated carbocycles. The van der Waals surface area contributed by atoms with Gasteiger partial charge in [-0.1, -0.05) is 12.8 Å². The number of hydrogen-bond donors (Lipinski definition) is 3. The van der Waals surface area contributed by atoms with Crippen molar-refractivity contribution in [1.29, 1.82) is 0 Å². The van der Waals surface area contributed by atoms with Crippen LogP contribution >= 0.6 is 11.3 Å². The van der Waals surface area contributed by atoms with Crippen LogP contribution in [0.3, 0.4) is 0 Å². The highest BCUT2D eigenvalue weighted by atomic mass is 32.1. The first-order valence-corrected chi connectivity index (χ1v) is 8.39. The van der Waals surface area contributed by atoms with Crippen LogP contribution in [0.15, 0.2) is 16.8 Å². The van der Waals surface area contributed by atoms with Crippen molar-refractivity contribution in [2.24, 2.45) is 0 Å². The van der Waals surface area contributed by atoms with E-state index in [2.05, 4.69) is 10.6 Å². The van der Waals surface area contributed by atoms with Crippen molar-refractivity contribution in [3.63, 3.8) is 0 Å². The lowest BCUT2D eigenvalue weighted by atomic mass is 9.92. The Balaban J connectivity index is 1.60. The third kappa shape index (κ3) is 5.13. The maximum atomic E-state index is 11.8. The minimum Gasteiger partial charge on any atom is -0.391 e. The summed E-state index contributed by atoms with van der Waals surface area (Å²) in [6, 6.07) is 1.67. The molecule has 6 heteroatoms. The van der Waals surface area contributed by atoms with Crippen molar-refractivity contribution in [2.75, 3.05) is 6.54 Å². The van der Waals surface area contributed by atoms with Gasteiger partial charge in [-0.3, -0.25) is 9.59 Å². The summed E-state index contributed by atoms with van der Waals surface area (Å²) >= 11 is 1.48. The highest BCUT2D eigenvalue weighted by Gasteiger charge is 2.24. The molecule has 1 aliphatic carbocycles. The summed E-state index contributed by atoms with van der Waals surface area (Å²) in [4.78, 5) is 23.5. The van der Waals surface area contributed by atoms with E-state index in [9.17, 15) is 14.7 Å². The van der Waals surface area contributed by atoms with Crippen LogP contribution in [0.5, 0.6) is 0 Å². The molecule has 116 valence electrons. The summed E-state index contributed by atoms with van der Waals surface area (Å²) in [7, 11) is 0. The Morgan fingerprint density at radius 1 is 1.33 bits per heavy atom. The predicted molar refractivity (Wildman–Crippen MR) is 82.3 cm³/mol. The van der Waals surface area contributed by atoms with Gasteiger partial charge in [0.15, 0.2) is 0 Å². The molecule has 21 heavy (non-hydrogen) atoms. The number of rotatable bonds is 6. The van der Waals surface area contributed by atoms with Crippen LogP contribution in [0, 0.1) is 0 Å². The standard InChI is InChI=1S/C15H22N2O3S/c18-13-5-2-1-4-12(13)17-14(19)6-3-8-16-15(20)11-7-9-21-10-11/h7,9-10,12-13,18H,1-6,8H2,(H,16,20)(H,17,19). The van der Waals surface area contributed by atoms with Crippen molar-refractivity contribution in [2.45, 2.75) is 50.7 Å². The molecular weight excluding hydrogens is 288 g/mol. The van der Waals surface area contributed by atoms with E-state index in [1.165, 1.54) is 11.3 Å². The smallest absolute Gasteiger partial charge is 0.252 e. The zero-order valence-corrected chi connectivity index (χ0v) is 12.8. The zero-order chi connectivity index (χ0) is 15.1. The Hall–Kier alpha value is -1.40. The van der Waals surface area contributed by atoms with Gasteiger partial charge in [-0.25, -0.2) is 0 Å². The van der Waals surface area contributed by atoms with Gasteiger partial charge >= 0.3 is 0 Å². The van der Waals surface area contributed by atoms with Crippen molar-refractivity contribution in [1.82, 2.24) is 10.6 Å². The normalized spacial score (nSPS) is 21.8. The van der Waals surface area contributed by atoms with E-state index in [1.807, 2.05) is 5.38 Å². The first-order chi connectivity index (χ1) is 10.2. The number of amides is 2. The largest absolute Gasteiger partial charge is 0.391 e. The van der Waals surface area contributed by atoms with E-state index in [1.54, 1.807) is 11.4 Å². The summed E-state index contributed by atoms with van der Waals surface area (Å²) < 4.78 is 0.